The molecule has 0 unspecified atom stereocenters. The van der Waals surface area contributed by atoms with E-state index in [0.717, 1.165) is 6.07 Å². The highest BCUT2D eigenvalue weighted by Gasteiger charge is 2.01. The minimum Gasteiger partial charge on any atom is -0.313 e. The lowest BCUT2D eigenvalue weighted by Gasteiger charge is -2.07. The fourth-order valence-corrected chi connectivity index (χ4v) is 1.77. The first-order valence-electron chi connectivity index (χ1n) is 7.97. The van der Waals surface area contributed by atoms with E-state index in [1.807, 2.05) is 41.5 Å². The Labute approximate surface area is 141 Å². The SMILES string of the molecule is CC.CC(C)n1cc(F)ccc1=O.CC(C)n1ccc(F)cc1=O. The quantitative estimate of drug-likeness (QED) is 0.824. The summed E-state index contributed by atoms with van der Waals surface area (Å²) in [4.78, 5) is 22.0. The standard InChI is InChI=1S/2C8H10FNO.C2H6/c1-6(2)10-4-3-7(9)5-8(10)11;1-6(2)10-5-7(9)3-4-8(10)11;1-2/h2*3-6H,1-2H3;1-2H3. The van der Waals surface area contributed by atoms with Crippen LogP contribution in [0.3, 0.4) is 0 Å². The van der Waals surface area contributed by atoms with Crippen LogP contribution < -0.4 is 11.1 Å². The van der Waals surface area contributed by atoms with E-state index in [9.17, 15) is 18.4 Å². The lowest BCUT2D eigenvalue weighted by Crippen LogP contribution is -2.20. The van der Waals surface area contributed by atoms with Crippen molar-refractivity contribution in [3.63, 3.8) is 0 Å². The van der Waals surface area contributed by atoms with E-state index in [-0.39, 0.29) is 29.0 Å². The van der Waals surface area contributed by atoms with Gasteiger partial charge in [0.2, 0.25) is 0 Å². The Morgan fingerprint density at radius 1 is 0.792 bits per heavy atom. The van der Waals surface area contributed by atoms with Crippen LogP contribution in [0.5, 0.6) is 0 Å². The summed E-state index contributed by atoms with van der Waals surface area (Å²) in [5.74, 6) is -0.856. The molecular formula is C18H26F2N2O2. The van der Waals surface area contributed by atoms with Crippen LogP contribution in [-0.2, 0) is 0 Å². The summed E-state index contributed by atoms with van der Waals surface area (Å²) in [7, 11) is 0. The molecule has 2 aromatic rings. The highest BCUT2D eigenvalue weighted by Crippen LogP contribution is 2.01. The Morgan fingerprint density at radius 3 is 1.75 bits per heavy atom. The molecule has 4 nitrogen and oxygen atoms in total. The highest BCUT2D eigenvalue weighted by molar-refractivity contribution is 4.98. The van der Waals surface area contributed by atoms with Gasteiger partial charge in [0, 0.05) is 36.6 Å². The van der Waals surface area contributed by atoms with Gasteiger partial charge in [0.15, 0.2) is 0 Å². The second-order valence-electron chi connectivity index (χ2n) is 5.37. The molecule has 0 spiro atoms. The molecule has 2 aromatic heterocycles. The van der Waals surface area contributed by atoms with Gasteiger partial charge in [-0.1, -0.05) is 13.8 Å². The van der Waals surface area contributed by atoms with Gasteiger partial charge in [-0.3, -0.25) is 9.59 Å². The summed E-state index contributed by atoms with van der Waals surface area (Å²) in [5, 5.41) is 0. The monoisotopic (exact) mass is 340 g/mol. The van der Waals surface area contributed by atoms with Gasteiger partial charge >= 0.3 is 0 Å². The molecule has 0 N–H and O–H groups in total. The molecule has 0 fully saturated rings. The van der Waals surface area contributed by atoms with Gasteiger partial charge in [0.25, 0.3) is 11.1 Å². The van der Waals surface area contributed by atoms with Gasteiger partial charge in [-0.15, -0.1) is 0 Å². The zero-order valence-corrected chi connectivity index (χ0v) is 15.1. The third-order valence-electron chi connectivity index (χ3n) is 2.92. The molecule has 6 heteroatoms. The maximum atomic E-state index is 12.5. The fraction of sp³-hybridized carbons (Fsp3) is 0.444. The first-order chi connectivity index (χ1) is 11.2. The molecule has 0 radical (unpaired) electrons. The maximum absolute atomic E-state index is 12.5. The molecule has 0 saturated heterocycles. The summed E-state index contributed by atoms with van der Waals surface area (Å²) < 4.78 is 27.8. The molecule has 134 valence electrons. The zero-order valence-electron chi connectivity index (χ0n) is 15.1. The lowest BCUT2D eigenvalue weighted by atomic mass is 10.3. The van der Waals surface area contributed by atoms with E-state index in [4.69, 9.17) is 0 Å². The van der Waals surface area contributed by atoms with Crippen molar-refractivity contribution in [3.05, 3.63) is 69.0 Å². The van der Waals surface area contributed by atoms with Crippen LogP contribution >= 0.6 is 0 Å². The first kappa shape index (κ1) is 21.8. The van der Waals surface area contributed by atoms with E-state index in [0.29, 0.717) is 0 Å². The van der Waals surface area contributed by atoms with Crippen molar-refractivity contribution in [3.8, 4) is 0 Å². The second kappa shape index (κ2) is 10.5. The Morgan fingerprint density at radius 2 is 1.33 bits per heavy atom. The lowest BCUT2D eigenvalue weighted by molar-refractivity contribution is 0.537. The number of nitrogens with zero attached hydrogens (tertiary/aromatic N) is 2. The van der Waals surface area contributed by atoms with Crippen molar-refractivity contribution in [2.24, 2.45) is 0 Å². The molecule has 0 atom stereocenters. The summed E-state index contributed by atoms with van der Waals surface area (Å²) in [5.41, 5.74) is -0.457. The van der Waals surface area contributed by atoms with Crippen molar-refractivity contribution < 1.29 is 8.78 Å². The van der Waals surface area contributed by atoms with Crippen LogP contribution in [0.25, 0.3) is 0 Å². The molecule has 2 heterocycles. The van der Waals surface area contributed by atoms with Crippen molar-refractivity contribution in [1.82, 2.24) is 9.13 Å². The third kappa shape index (κ3) is 6.89. The molecule has 0 aliphatic rings. The molecule has 2 rings (SSSR count). The first-order valence-corrected chi connectivity index (χ1v) is 7.97. The average molecular weight is 340 g/mol. The van der Waals surface area contributed by atoms with Crippen LogP contribution in [0.2, 0.25) is 0 Å². The number of halogens is 2. The van der Waals surface area contributed by atoms with Crippen molar-refractivity contribution in [2.75, 3.05) is 0 Å². The van der Waals surface area contributed by atoms with Crippen LogP contribution in [0.1, 0.15) is 53.6 Å². The van der Waals surface area contributed by atoms with Crippen molar-refractivity contribution >= 4 is 0 Å². The molecule has 0 bridgehead atoms. The fourth-order valence-electron chi connectivity index (χ4n) is 1.77. The number of hydrogen-bond donors (Lipinski definition) is 0. The van der Waals surface area contributed by atoms with Gasteiger partial charge in [-0.25, -0.2) is 8.78 Å². The van der Waals surface area contributed by atoms with Gasteiger partial charge in [-0.2, -0.15) is 0 Å². The number of aromatic nitrogens is 2. The third-order valence-corrected chi connectivity index (χ3v) is 2.92. The number of rotatable bonds is 2. The summed E-state index contributed by atoms with van der Waals surface area (Å²) >= 11 is 0. The molecule has 0 aliphatic heterocycles. The Balaban J connectivity index is 0.000000400. The topological polar surface area (TPSA) is 44.0 Å². The molecule has 0 amide bonds. The summed E-state index contributed by atoms with van der Waals surface area (Å²) in [6.07, 6.45) is 2.68. The summed E-state index contributed by atoms with van der Waals surface area (Å²) in [6.45, 7) is 11.4. The Kier molecular flexibility index (Phi) is 9.54. The molecular weight excluding hydrogens is 314 g/mol. The predicted octanol–water partition coefficient (Wildman–Crippen LogP) is 4.16. The molecule has 0 saturated carbocycles. The van der Waals surface area contributed by atoms with Crippen molar-refractivity contribution in [1.29, 1.82) is 0 Å². The number of pyridine rings is 2. The Bertz CT molecular complexity index is 734. The van der Waals surface area contributed by atoms with E-state index in [2.05, 4.69) is 0 Å². The Hall–Kier alpha value is -2.24. The number of hydrogen-bond acceptors (Lipinski definition) is 2. The highest BCUT2D eigenvalue weighted by atomic mass is 19.1. The van der Waals surface area contributed by atoms with Crippen LogP contribution in [0, 0.1) is 11.6 Å². The average Bonchev–Trinajstić information content (AvgIpc) is 2.51. The van der Waals surface area contributed by atoms with Crippen LogP contribution in [0.15, 0.2) is 46.2 Å². The second-order valence-corrected chi connectivity index (χ2v) is 5.37. The zero-order chi connectivity index (χ0) is 18.9. The minimum absolute atomic E-state index is 0.0122. The van der Waals surface area contributed by atoms with E-state index in [1.54, 1.807) is 0 Å². The maximum Gasteiger partial charge on any atom is 0.253 e. The van der Waals surface area contributed by atoms with Gasteiger partial charge < -0.3 is 9.13 Å². The smallest absolute Gasteiger partial charge is 0.253 e. The summed E-state index contributed by atoms with van der Waals surface area (Å²) in [6, 6.07) is 4.76. The van der Waals surface area contributed by atoms with E-state index in [1.165, 1.54) is 39.7 Å². The van der Waals surface area contributed by atoms with E-state index >= 15 is 0 Å². The van der Waals surface area contributed by atoms with E-state index < -0.39 is 5.82 Å². The van der Waals surface area contributed by atoms with Crippen LogP contribution in [0.4, 0.5) is 8.78 Å². The normalized spacial score (nSPS) is 9.92. The van der Waals surface area contributed by atoms with Gasteiger partial charge in [0.05, 0.1) is 0 Å². The van der Waals surface area contributed by atoms with Crippen molar-refractivity contribution in [2.45, 2.75) is 53.6 Å². The molecule has 0 aliphatic carbocycles. The van der Waals surface area contributed by atoms with Gasteiger partial charge in [0.1, 0.15) is 11.6 Å². The largest absolute Gasteiger partial charge is 0.313 e. The van der Waals surface area contributed by atoms with Crippen LogP contribution in [-0.4, -0.2) is 9.13 Å². The minimum atomic E-state index is -0.480. The molecule has 0 aromatic carbocycles. The molecule has 24 heavy (non-hydrogen) atoms. The predicted molar refractivity (Wildman–Crippen MR) is 93.4 cm³/mol. The van der Waals surface area contributed by atoms with Gasteiger partial charge in [-0.05, 0) is 39.8 Å².